The largest absolute Gasteiger partial charge is 0.354 e. The second kappa shape index (κ2) is 6.01. The van der Waals surface area contributed by atoms with E-state index in [1.165, 1.54) is 11.1 Å². The summed E-state index contributed by atoms with van der Waals surface area (Å²) in [6.45, 7) is 6.73. The van der Waals surface area contributed by atoms with Gasteiger partial charge in [0.2, 0.25) is 5.91 Å². The zero-order chi connectivity index (χ0) is 13.8. The van der Waals surface area contributed by atoms with Gasteiger partial charge in [-0.3, -0.25) is 4.79 Å². The normalized spacial score (nSPS) is 10.8. The van der Waals surface area contributed by atoms with Crippen LogP contribution in [0.3, 0.4) is 0 Å². The average molecular weight is 309 g/mol. The predicted octanol–water partition coefficient (Wildman–Crippen LogP) is 3.07. The molecule has 1 amide bonds. The lowest BCUT2D eigenvalue weighted by molar-refractivity contribution is -0.120. The maximum atomic E-state index is 11.3. The third-order valence-electron chi connectivity index (χ3n) is 2.90. The van der Waals surface area contributed by atoms with Gasteiger partial charge in [-0.25, -0.2) is 0 Å². The lowest BCUT2D eigenvalue weighted by atomic mass is 9.82. The Morgan fingerprint density at radius 3 is 2.78 bits per heavy atom. The van der Waals surface area contributed by atoms with Crippen LogP contribution in [0.25, 0.3) is 0 Å². The van der Waals surface area contributed by atoms with Gasteiger partial charge in [0.1, 0.15) is 6.42 Å². The number of amides is 1. The SMILES string of the molecule is Cc1ccc(Br)cc1C(C)(C)CNC(=O)CC#N. The molecule has 0 bridgehead atoms. The highest BCUT2D eigenvalue weighted by Crippen LogP contribution is 2.28. The Labute approximate surface area is 116 Å². The maximum Gasteiger partial charge on any atom is 0.234 e. The van der Waals surface area contributed by atoms with Crippen molar-refractivity contribution in [3.8, 4) is 6.07 Å². The molecule has 0 aliphatic rings. The third-order valence-corrected chi connectivity index (χ3v) is 3.39. The van der Waals surface area contributed by atoms with Gasteiger partial charge in [-0.2, -0.15) is 5.26 Å². The zero-order valence-corrected chi connectivity index (χ0v) is 12.5. The fourth-order valence-electron chi connectivity index (χ4n) is 1.87. The highest BCUT2D eigenvalue weighted by Gasteiger charge is 2.23. The van der Waals surface area contributed by atoms with E-state index in [1.54, 1.807) is 0 Å². The van der Waals surface area contributed by atoms with Crippen LogP contribution in [-0.4, -0.2) is 12.5 Å². The summed E-state index contributed by atoms with van der Waals surface area (Å²) in [5.41, 5.74) is 2.21. The fourth-order valence-corrected chi connectivity index (χ4v) is 2.23. The van der Waals surface area contributed by atoms with Gasteiger partial charge < -0.3 is 5.32 Å². The lowest BCUT2D eigenvalue weighted by Gasteiger charge is -2.27. The minimum absolute atomic E-state index is 0.0897. The molecule has 0 saturated carbocycles. The van der Waals surface area contributed by atoms with Gasteiger partial charge in [-0.15, -0.1) is 0 Å². The van der Waals surface area contributed by atoms with Crippen molar-refractivity contribution in [2.45, 2.75) is 32.6 Å². The summed E-state index contributed by atoms with van der Waals surface area (Å²) in [6, 6.07) is 7.98. The number of carbonyl (C=O) groups excluding carboxylic acids is 1. The Kier molecular flexibility index (Phi) is 4.92. The van der Waals surface area contributed by atoms with Gasteiger partial charge in [-0.05, 0) is 30.2 Å². The van der Waals surface area contributed by atoms with Crippen LogP contribution in [-0.2, 0) is 10.2 Å². The average Bonchev–Trinajstić information content (AvgIpc) is 2.30. The molecule has 3 nitrogen and oxygen atoms in total. The number of nitriles is 1. The number of nitrogens with zero attached hydrogens (tertiary/aromatic N) is 1. The van der Waals surface area contributed by atoms with E-state index in [-0.39, 0.29) is 17.7 Å². The minimum Gasteiger partial charge on any atom is -0.354 e. The van der Waals surface area contributed by atoms with Gasteiger partial charge in [0.15, 0.2) is 0 Å². The summed E-state index contributed by atoms with van der Waals surface area (Å²) in [5, 5.41) is 11.2. The van der Waals surface area contributed by atoms with Crippen LogP contribution < -0.4 is 5.32 Å². The van der Waals surface area contributed by atoms with E-state index < -0.39 is 0 Å². The Morgan fingerprint density at radius 2 is 2.17 bits per heavy atom. The topological polar surface area (TPSA) is 52.9 Å². The number of carbonyl (C=O) groups is 1. The smallest absolute Gasteiger partial charge is 0.234 e. The van der Waals surface area contributed by atoms with Gasteiger partial charge in [0.05, 0.1) is 6.07 Å². The zero-order valence-electron chi connectivity index (χ0n) is 10.9. The van der Waals surface area contributed by atoms with Gasteiger partial charge in [0, 0.05) is 16.4 Å². The van der Waals surface area contributed by atoms with Crippen molar-refractivity contribution in [3.05, 3.63) is 33.8 Å². The quantitative estimate of drug-likeness (QED) is 0.929. The van der Waals surface area contributed by atoms with Crippen LogP contribution in [0.2, 0.25) is 0 Å². The van der Waals surface area contributed by atoms with Crippen molar-refractivity contribution in [1.82, 2.24) is 5.32 Å². The van der Waals surface area contributed by atoms with Crippen LogP contribution in [0, 0.1) is 18.3 Å². The molecule has 0 unspecified atom stereocenters. The van der Waals surface area contributed by atoms with E-state index in [0.29, 0.717) is 6.54 Å². The molecule has 4 heteroatoms. The van der Waals surface area contributed by atoms with Gasteiger partial charge >= 0.3 is 0 Å². The molecule has 0 radical (unpaired) electrons. The highest BCUT2D eigenvalue weighted by atomic mass is 79.9. The lowest BCUT2D eigenvalue weighted by Crippen LogP contribution is -2.36. The van der Waals surface area contributed by atoms with E-state index in [4.69, 9.17) is 5.26 Å². The molecular formula is C14H17BrN2O. The van der Waals surface area contributed by atoms with Crippen molar-refractivity contribution >= 4 is 21.8 Å². The monoisotopic (exact) mass is 308 g/mol. The molecule has 1 aromatic rings. The van der Waals surface area contributed by atoms with E-state index >= 15 is 0 Å². The molecule has 1 N–H and O–H groups in total. The Bertz CT molecular complexity index is 489. The van der Waals surface area contributed by atoms with Crippen molar-refractivity contribution in [2.24, 2.45) is 0 Å². The summed E-state index contributed by atoms with van der Waals surface area (Å²) >= 11 is 3.46. The molecule has 0 spiro atoms. The second-order valence-electron chi connectivity index (χ2n) is 4.95. The molecule has 0 fully saturated rings. The number of nitrogens with one attached hydrogen (secondary N) is 1. The van der Waals surface area contributed by atoms with Crippen molar-refractivity contribution in [2.75, 3.05) is 6.54 Å². The minimum atomic E-state index is -0.224. The molecule has 0 atom stereocenters. The van der Waals surface area contributed by atoms with E-state index in [9.17, 15) is 4.79 Å². The molecule has 0 saturated heterocycles. The Balaban J connectivity index is 2.83. The number of hydrogen-bond acceptors (Lipinski definition) is 2. The fraction of sp³-hybridized carbons (Fsp3) is 0.429. The Morgan fingerprint density at radius 1 is 1.50 bits per heavy atom. The summed E-state index contributed by atoms with van der Waals surface area (Å²) in [7, 11) is 0. The molecule has 0 aliphatic heterocycles. The number of rotatable bonds is 4. The second-order valence-corrected chi connectivity index (χ2v) is 5.87. The molecule has 18 heavy (non-hydrogen) atoms. The third kappa shape index (κ3) is 3.85. The summed E-state index contributed by atoms with van der Waals surface area (Å²) in [4.78, 5) is 11.3. The highest BCUT2D eigenvalue weighted by molar-refractivity contribution is 9.10. The van der Waals surface area contributed by atoms with Gasteiger partial charge in [-0.1, -0.05) is 35.8 Å². The van der Waals surface area contributed by atoms with Gasteiger partial charge in [0.25, 0.3) is 0 Å². The van der Waals surface area contributed by atoms with E-state index in [2.05, 4.69) is 54.2 Å². The molecular weight excluding hydrogens is 292 g/mol. The molecule has 1 rings (SSSR count). The van der Waals surface area contributed by atoms with E-state index in [1.807, 2.05) is 12.1 Å². The first-order valence-electron chi connectivity index (χ1n) is 5.77. The standard InChI is InChI=1S/C14H17BrN2O/c1-10-4-5-11(15)8-12(10)14(2,3)9-17-13(18)6-7-16/h4-5,8H,6,9H2,1-3H3,(H,17,18). The number of benzene rings is 1. The first kappa shape index (κ1) is 14.7. The molecule has 96 valence electrons. The summed E-state index contributed by atoms with van der Waals surface area (Å²) < 4.78 is 1.03. The van der Waals surface area contributed by atoms with Crippen LogP contribution >= 0.6 is 15.9 Å². The Hall–Kier alpha value is -1.34. The van der Waals surface area contributed by atoms with Crippen LogP contribution in [0.1, 0.15) is 31.4 Å². The maximum absolute atomic E-state index is 11.3. The van der Waals surface area contributed by atoms with Crippen LogP contribution in [0.15, 0.2) is 22.7 Å². The molecule has 1 aromatic carbocycles. The van der Waals surface area contributed by atoms with Crippen molar-refractivity contribution < 1.29 is 4.79 Å². The first-order valence-corrected chi connectivity index (χ1v) is 6.56. The van der Waals surface area contributed by atoms with Crippen molar-refractivity contribution in [1.29, 1.82) is 5.26 Å². The molecule has 0 aromatic heterocycles. The van der Waals surface area contributed by atoms with Crippen LogP contribution in [0.4, 0.5) is 0 Å². The molecule has 0 heterocycles. The van der Waals surface area contributed by atoms with Crippen molar-refractivity contribution in [3.63, 3.8) is 0 Å². The summed E-state index contributed by atoms with van der Waals surface area (Å²) in [5.74, 6) is -0.224. The number of aryl methyl sites for hydroxylation is 1. The number of hydrogen-bond donors (Lipinski definition) is 1. The first-order chi connectivity index (χ1) is 8.36. The van der Waals surface area contributed by atoms with E-state index in [0.717, 1.165) is 4.47 Å². The number of halogens is 1. The predicted molar refractivity (Wildman–Crippen MR) is 75.1 cm³/mol. The molecule has 0 aliphatic carbocycles. The van der Waals surface area contributed by atoms with Crippen LogP contribution in [0.5, 0.6) is 0 Å². The summed E-state index contributed by atoms with van der Waals surface area (Å²) in [6.07, 6.45) is -0.0897.